The molecule has 17 heavy (non-hydrogen) atoms. The minimum Gasteiger partial charge on any atom is -0.464 e. The van der Waals surface area contributed by atoms with Crippen molar-refractivity contribution in [1.82, 2.24) is 0 Å². The molecule has 2 aromatic rings. The van der Waals surface area contributed by atoms with E-state index < -0.39 is 5.97 Å². The Bertz CT molecular complexity index is 569. The Morgan fingerprint density at radius 2 is 2.29 bits per heavy atom. The first kappa shape index (κ1) is 11.4. The molecule has 0 radical (unpaired) electrons. The van der Waals surface area contributed by atoms with Gasteiger partial charge < -0.3 is 9.15 Å². The lowest BCUT2D eigenvalue weighted by Gasteiger charge is -1.97. The molecule has 3 nitrogen and oxygen atoms in total. The number of furan rings is 1. The van der Waals surface area contributed by atoms with Gasteiger partial charge in [0.1, 0.15) is 11.4 Å². The maximum Gasteiger partial charge on any atom is 0.330 e. The van der Waals surface area contributed by atoms with E-state index in [2.05, 4.69) is 0 Å². The van der Waals surface area contributed by atoms with Crippen molar-refractivity contribution in [3.05, 3.63) is 41.9 Å². The maximum absolute atomic E-state index is 13.3. The van der Waals surface area contributed by atoms with Gasteiger partial charge in [-0.25, -0.2) is 9.18 Å². The summed E-state index contributed by atoms with van der Waals surface area (Å²) in [5, 5.41) is 0.399. The molecule has 0 atom stereocenters. The van der Waals surface area contributed by atoms with Crippen LogP contribution in [0.3, 0.4) is 0 Å². The summed E-state index contributed by atoms with van der Waals surface area (Å²) >= 11 is 0. The molecule has 0 fully saturated rings. The monoisotopic (exact) mass is 234 g/mol. The van der Waals surface area contributed by atoms with Crippen LogP contribution in [0.25, 0.3) is 17.0 Å². The smallest absolute Gasteiger partial charge is 0.330 e. The highest BCUT2D eigenvalue weighted by atomic mass is 19.1. The van der Waals surface area contributed by atoms with Crippen LogP contribution in [0.4, 0.5) is 4.39 Å². The van der Waals surface area contributed by atoms with Crippen molar-refractivity contribution in [2.24, 2.45) is 0 Å². The second kappa shape index (κ2) is 4.82. The highest BCUT2D eigenvalue weighted by Gasteiger charge is 2.07. The minimum absolute atomic E-state index is 0.322. The Morgan fingerprint density at radius 3 is 3.06 bits per heavy atom. The molecule has 1 aromatic carbocycles. The van der Waals surface area contributed by atoms with Crippen molar-refractivity contribution in [3.8, 4) is 0 Å². The SMILES string of the molecule is CCOC(=O)/C=C/c1ccc(F)c2ccoc12. The van der Waals surface area contributed by atoms with E-state index in [9.17, 15) is 9.18 Å². The molecule has 0 unspecified atom stereocenters. The zero-order valence-electron chi connectivity index (χ0n) is 9.27. The van der Waals surface area contributed by atoms with Gasteiger partial charge in [0.25, 0.3) is 0 Å². The zero-order chi connectivity index (χ0) is 12.3. The Labute approximate surface area is 97.5 Å². The third kappa shape index (κ3) is 2.36. The van der Waals surface area contributed by atoms with Crippen molar-refractivity contribution in [1.29, 1.82) is 0 Å². The molecule has 1 aromatic heterocycles. The Kier molecular flexibility index (Phi) is 3.23. The van der Waals surface area contributed by atoms with Gasteiger partial charge in [0, 0.05) is 11.6 Å². The largest absolute Gasteiger partial charge is 0.464 e. The number of ether oxygens (including phenoxy) is 1. The minimum atomic E-state index is -0.434. The summed E-state index contributed by atoms with van der Waals surface area (Å²) in [6, 6.07) is 4.44. The molecule has 88 valence electrons. The number of hydrogen-bond donors (Lipinski definition) is 0. The molecule has 0 aliphatic carbocycles. The number of benzene rings is 1. The number of esters is 1. The molecule has 0 bridgehead atoms. The van der Waals surface area contributed by atoms with Crippen LogP contribution >= 0.6 is 0 Å². The summed E-state index contributed by atoms with van der Waals surface area (Å²) in [4.78, 5) is 11.1. The number of carbonyl (C=O) groups excluding carboxylic acids is 1. The van der Waals surface area contributed by atoms with Crippen LogP contribution in [0.15, 0.2) is 35.0 Å². The van der Waals surface area contributed by atoms with Gasteiger partial charge in [0.05, 0.1) is 18.3 Å². The fourth-order valence-electron chi connectivity index (χ4n) is 1.53. The first-order valence-corrected chi connectivity index (χ1v) is 5.23. The summed E-state index contributed by atoms with van der Waals surface area (Å²) in [6.45, 7) is 2.05. The molecule has 0 saturated heterocycles. The van der Waals surface area contributed by atoms with E-state index in [1.807, 2.05) is 0 Å². The van der Waals surface area contributed by atoms with E-state index >= 15 is 0 Å². The molecule has 0 N–H and O–H groups in total. The molecular weight excluding hydrogens is 223 g/mol. The predicted molar refractivity (Wildman–Crippen MR) is 61.8 cm³/mol. The van der Waals surface area contributed by atoms with Crippen LogP contribution in [0, 0.1) is 5.82 Å². The second-order valence-corrected chi connectivity index (χ2v) is 3.39. The van der Waals surface area contributed by atoms with Crippen LogP contribution in [-0.2, 0) is 9.53 Å². The third-order valence-corrected chi connectivity index (χ3v) is 2.28. The number of hydrogen-bond acceptors (Lipinski definition) is 3. The Hall–Kier alpha value is -2.10. The van der Waals surface area contributed by atoms with Gasteiger partial charge in [-0.3, -0.25) is 0 Å². The van der Waals surface area contributed by atoms with Gasteiger partial charge >= 0.3 is 5.97 Å². The lowest BCUT2D eigenvalue weighted by molar-refractivity contribution is -0.137. The van der Waals surface area contributed by atoms with Crippen molar-refractivity contribution < 1.29 is 18.3 Å². The van der Waals surface area contributed by atoms with E-state index in [0.717, 1.165) is 0 Å². The number of rotatable bonds is 3. The average Bonchev–Trinajstić information content (AvgIpc) is 2.78. The van der Waals surface area contributed by atoms with Crippen molar-refractivity contribution >= 4 is 23.0 Å². The van der Waals surface area contributed by atoms with E-state index in [0.29, 0.717) is 23.1 Å². The van der Waals surface area contributed by atoms with E-state index in [4.69, 9.17) is 9.15 Å². The van der Waals surface area contributed by atoms with Crippen molar-refractivity contribution in [3.63, 3.8) is 0 Å². The van der Waals surface area contributed by atoms with Crippen LogP contribution in [0.5, 0.6) is 0 Å². The first-order valence-electron chi connectivity index (χ1n) is 5.23. The van der Waals surface area contributed by atoms with E-state index in [1.165, 1.54) is 18.4 Å². The molecule has 0 amide bonds. The predicted octanol–water partition coefficient (Wildman–Crippen LogP) is 3.15. The van der Waals surface area contributed by atoms with Crippen molar-refractivity contribution in [2.75, 3.05) is 6.61 Å². The average molecular weight is 234 g/mol. The summed E-state index contributed by atoms with van der Waals surface area (Å²) in [7, 11) is 0. The summed E-state index contributed by atoms with van der Waals surface area (Å²) in [6.07, 6.45) is 4.25. The topological polar surface area (TPSA) is 39.4 Å². The fraction of sp³-hybridized carbons (Fsp3) is 0.154. The third-order valence-electron chi connectivity index (χ3n) is 2.28. The number of carbonyl (C=O) groups is 1. The lowest BCUT2D eigenvalue weighted by atomic mass is 10.1. The molecule has 0 spiro atoms. The van der Waals surface area contributed by atoms with Crippen LogP contribution in [-0.4, -0.2) is 12.6 Å². The van der Waals surface area contributed by atoms with Crippen LogP contribution < -0.4 is 0 Å². The van der Waals surface area contributed by atoms with Crippen molar-refractivity contribution in [2.45, 2.75) is 6.92 Å². The summed E-state index contributed by atoms with van der Waals surface area (Å²) in [5.74, 6) is -0.779. The molecule has 0 aliphatic heterocycles. The van der Waals surface area contributed by atoms with Gasteiger partial charge in [0.15, 0.2) is 0 Å². The molecule has 1 heterocycles. The molecule has 4 heteroatoms. The van der Waals surface area contributed by atoms with Gasteiger partial charge in [-0.1, -0.05) is 0 Å². The fourth-order valence-corrected chi connectivity index (χ4v) is 1.53. The van der Waals surface area contributed by atoms with Gasteiger partial charge in [-0.2, -0.15) is 0 Å². The first-order chi connectivity index (χ1) is 8.22. The molecule has 0 aliphatic rings. The normalized spacial score (nSPS) is 11.2. The maximum atomic E-state index is 13.3. The molecule has 0 saturated carbocycles. The lowest BCUT2D eigenvalue weighted by Crippen LogP contribution is -1.98. The van der Waals surface area contributed by atoms with E-state index in [1.54, 1.807) is 25.1 Å². The van der Waals surface area contributed by atoms with Crippen LogP contribution in [0.1, 0.15) is 12.5 Å². The molecular formula is C13H11FO3. The number of halogens is 1. The van der Waals surface area contributed by atoms with Crippen LogP contribution in [0.2, 0.25) is 0 Å². The van der Waals surface area contributed by atoms with Gasteiger partial charge in [-0.05, 0) is 31.2 Å². The summed E-state index contributed by atoms with van der Waals surface area (Å²) < 4.78 is 23.3. The summed E-state index contributed by atoms with van der Waals surface area (Å²) in [5.41, 5.74) is 1.06. The van der Waals surface area contributed by atoms with Gasteiger partial charge in [-0.15, -0.1) is 0 Å². The Balaban J connectivity index is 2.33. The van der Waals surface area contributed by atoms with E-state index in [-0.39, 0.29) is 5.82 Å². The number of fused-ring (bicyclic) bond motifs is 1. The highest BCUT2D eigenvalue weighted by Crippen LogP contribution is 2.23. The quantitative estimate of drug-likeness (QED) is 0.605. The standard InChI is InChI=1S/C13H11FO3/c1-2-16-12(15)6-4-9-3-5-11(14)10-7-8-17-13(9)10/h3-8H,2H2,1H3/b6-4+. The zero-order valence-corrected chi connectivity index (χ0v) is 9.27. The Morgan fingerprint density at radius 1 is 1.47 bits per heavy atom. The highest BCUT2D eigenvalue weighted by molar-refractivity contribution is 5.92. The van der Waals surface area contributed by atoms with Gasteiger partial charge in [0.2, 0.25) is 0 Å². The second-order valence-electron chi connectivity index (χ2n) is 3.39. The molecule has 2 rings (SSSR count).